The molecule has 1 N–H and O–H groups in total. The van der Waals surface area contributed by atoms with E-state index in [2.05, 4.69) is 21.2 Å². The number of carbonyl (C=O) groups excluding carboxylic acids is 1. The van der Waals surface area contributed by atoms with Gasteiger partial charge in [0, 0.05) is 17.1 Å². The molecule has 1 aromatic rings. The highest BCUT2D eigenvalue weighted by Gasteiger charge is 2.15. The van der Waals surface area contributed by atoms with Gasteiger partial charge in [0.1, 0.15) is 0 Å². The Morgan fingerprint density at radius 1 is 1.39 bits per heavy atom. The van der Waals surface area contributed by atoms with Crippen LogP contribution in [0.4, 0.5) is 5.69 Å². The van der Waals surface area contributed by atoms with Gasteiger partial charge in [-0.25, -0.2) is 8.42 Å². The SMILES string of the molecule is CC(C)CC(=O)Nc1cc(Br)ccc1S(C)(=O)=O. The van der Waals surface area contributed by atoms with Crippen LogP contribution >= 0.6 is 15.9 Å². The average molecular weight is 334 g/mol. The van der Waals surface area contributed by atoms with Crippen molar-refractivity contribution in [3.05, 3.63) is 22.7 Å². The lowest BCUT2D eigenvalue weighted by molar-refractivity contribution is -0.116. The number of benzene rings is 1. The number of hydrogen-bond acceptors (Lipinski definition) is 3. The van der Waals surface area contributed by atoms with Gasteiger partial charge < -0.3 is 5.32 Å². The van der Waals surface area contributed by atoms with E-state index >= 15 is 0 Å². The second-order valence-corrected chi connectivity index (χ2v) is 7.46. The molecule has 4 nitrogen and oxygen atoms in total. The molecule has 0 aliphatic rings. The van der Waals surface area contributed by atoms with E-state index in [1.165, 1.54) is 6.07 Å². The first-order valence-electron chi connectivity index (χ1n) is 5.49. The highest BCUT2D eigenvalue weighted by Crippen LogP contribution is 2.25. The van der Waals surface area contributed by atoms with Crippen LogP contribution in [0.3, 0.4) is 0 Å². The summed E-state index contributed by atoms with van der Waals surface area (Å²) in [5.74, 6) is 0.0341. The summed E-state index contributed by atoms with van der Waals surface area (Å²) in [6, 6.07) is 4.70. The van der Waals surface area contributed by atoms with Crippen molar-refractivity contribution in [3.63, 3.8) is 0 Å². The molecule has 1 aromatic carbocycles. The van der Waals surface area contributed by atoms with Gasteiger partial charge in [-0.2, -0.15) is 0 Å². The van der Waals surface area contributed by atoms with Crippen molar-refractivity contribution in [2.45, 2.75) is 25.2 Å². The van der Waals surface area contributed by atoms with Crippen molar-refractivity contribution in [2.24, 2.45) is 5.92 Å². The standard InChI is InChI=1S/C12H16BrNO3S/c1-8(2)6-12(15)14-10-7-9(13)4-5-11(10)18(3,16)17/h4-5,7-8H,6H2,1-3H3,(H,14,15). The van der Waals surface area contributed by atoms with Crippen molar-refractivity contribution in [2.75, 3.05) is 11.6 Å². The highest BCUT2D eigenvalue weighted by molar-refractivity contribution is 9.10. The van der Waals surface area contributed by atoms with Crippen LogP contribution in [0.5, 0.6) is 0 Å². The monoisotopic (exact) mass is 333 g/mol. The van der Waals surface area contributed by atoms with Gasteiger partial charge in [-0.1, -0.05) is 29.8 Å². The maximum atomic E-state index is 11.7. The first-order valence-corrected chi connectivity index (χ1v) is 8.18. The second kappa shape index (κ2) is 5.84. The molecule has 0 aliphatic heterocycles. The lowest BCUT2D eigenvalue weighted by Crippen LogP contribution is -2.16. The highest BCUT2D eigenvalue weighted by atomic mass is 79.9. The molecule has 0 heterocycles. The fourth-order valence-corrected chi connectivity index (χ4v) is 2.68. The zero-order chi connectivity index (χ0) is 13.9. The number of hydrogen-bond donors (Lipinski definition) is 1. The van der Waals surface area contributed by atoms with Gasteiger partial charge in [-0.3, -0.25) is 4.79 Å². The number of carbonyl (C=O) groups is 1. The zero-order valence-corrected chi connectivity index (χ0v) is 12.9. The maximum absolute atomic E-state index is 11.7. The van der Waals surface area contributed by atoms with Crippen LogP contribution in [0.25, 0.3) is 0 Å². The van der Waals surface area contributed by atoms with Crippen LogP contribution in [0, 0.1) is 5.92 Å². The normalized spacial score (nSPS) is 11.6. The number of anilines is 1. The summed E-state index contributed by atoms with van der Waals surface area (Å²) >= 11 is 3.26. The predicted molar refractivity (Wildman–Crippen MR) is 75.3 cm³/mol. The Bertz CT molecular complexity index is 552. The van der Waals surface area contributed by atoms with E-state index in [0.29, 0.717) is 12.1 Å². The van der Waals surface area contributed by atoms with E-state index in [1.54, 1.807) is 12.1 Å². The Morgan fingerprint density at radius 2 is 2.00 bits per heavy atom. The molecular formula is C12H16BrNO3S. The summed E-state index contributed by atoms with van der Waals surface area (Å²) in [5, 5.41) is 2.64. The van der Waals surface area contributed by atoms with E-state index in [9.17, 15) is 13.2 Å². The molecule has 0 aliphatic carbocycles. The lowest BCUT2D eigenvalue weighted by Gasteiger charge is -2.11. The van der Waals surface area contributed by atoms with Gasteiger partial charge in [0.15, 0.2) is 9.84 Å². The number of nitrogens with one attached hydrogen (secondary N) is 1. The summed E-state index contributed by atoms with van der Waals surface area (Å²) in [6.45, 7) is 3.86. The molecular weight excluding hydrogens is 318 g/mol. The number of halogens is 1. The Kier molecular flexibility index (Phi) is 4.92. The molecule has 0 aromatic heterocycles. The van der Waals surface area contributed by atoms with Crippen LogP contribution in [-0.2, 0) is 14.6 Å². The fraction of sp³-hybridized carbons (Fsp3) is 0.417. The third kappa shape index (κ3) is 4.42. The van der Waals surface area contributed by atoms with Crippen LogP contribution in [-0.4, -0.2) is 20.6 Å². The summed E-state index contributed by atoms with van der Waals surface area (Å²) < 4.78 is 23.9. The molecule has 6 heteroatoms. The minimum Gasteiger partial charge on any atom is -0.325 e. The summed E-state index contributed by atoms with van der Waals surface area (Å²) in [6.07, 6.45) is 1.48. The van der Waals surface area contributed by atoms with Crippen LogP contribution in [0.2, 0.25) is 0 Å². The fourth-order valence-electron chi connectivity index (χ4n) is 1.50. The van der Waals surface area contributed by atoms with Gasteiger partial charge in [-0.05, 0) is 24.1 Å². The molecule has 0 fully saturated rings. The Balaban J connectivity index is 3.08. The van der Waals surface area contributed by atoms with Crippen molar-refractivity contribution >= 4 is 37.4 Å². The number of rotatable bonds is 4. The Morgan fingerprint density at radius 3 is 2.50 bits per heavy atom. The summed E-state index contributed by atoms with van der Waals surface area (Å²) in [5.41, 5.74) is 0.317. The molecule has 1 rings (SSSR count). The van der Waals surface area contributed by atoms with E-state index in [-0.39, 0.29) is 16.7 Å². The average Bonchev–Trinajstić information content (AvgIpc) is 2.13. The topological polar surface area (TPSA) is 63.2 Å². The van der Waals surface area contributed by atoms with Crippen molar-refractivity contribution in [1.29, 1.82) is 0 Å². The van der Waals surface area contributed by atoms with Gasteiger partial charge in [0.25, 0.3) is 0 Å². The van der Waals surface area contributed by atoms with E-state index < -0.39 is 9.84 Å². The van der Waals surface area contributed by atoms with Crippen molar-refractivity contribution in [1.82, 2.24) is 0 Å². The third-order valence-electron chi connectivity index (χ3n) is 2.21. The zero-order valence-electron chi connectivity index (χ0n) is 10.5. The Labute approximate surface area is 116 Å². The van der Waals surface area contributed by atoms with Crippen molar-refractivity contribution in [3.8, 4) is 0 Å². The quantitative estimate of drug-likeness (QED) is 0.921. The molecule has 0 unspecified atom stereocenters. The van der Waals surface area contributed by atoms with Crippen LogP contribution in [0.15, 0.2) is 27.6 Å². The number of amides is 1. The minimum absolute atomic E-state index is 0.128. The summed E-state index contributed by atoms with van der Waals surface area (Å²) in [4.78, 5) is 11.8. The van der Waals surface area contributed by atoms with Gasteiger partial charge in [0.2, 0.25) is 5.91 Å². The molecule has 0 saturated heterocycles. The molecule has 1 amide bonds. The predicted octanol–water partition coefficient (Wildman–Crippen LogP) is 2.84. The second-order valence-electron chi connectivity index (χ2n) is 4.56. The number of sulfone groups is 1. The van der Waals surface area contributed by atoms with E-state index in [1.807, 2.05) is 13.8 Å². The largest absolute Gasteiger partial charge is 0.325 e. The molecule has 0 bridgehead atoms. The first-order chi connectivity index (χ1) is 8.20. The maximum Gasteiger partial charge on any atom is 0.224 e. The first kappa shape index (κ1) is 15.2. The molecule has 0 radical (unpaired) electrons. The smallest absolute Gasteiger partial charge is 0.224 e. The van der Waals surface area contributed by atoms with E-state index in [4.69, 9.17) is 0 Å². The molecule has 0 atom stereocenters. The summed E-state index contributed by atoms with van der Waals surface area (Å²) in [7, 11) is -3.36. The van der Waals surface area contributed by atoms with Crippen LogP contribution < -0.4 is 5.32 Å². The Hall–Kier alpha value is -0.880. The molecule has 0 spiro atoms. The van der Waals surface area contributed by atoms with Crippen molar-refractivity contribution < 1.29 is 13.2 Å². The third-order valence-corrected chi connectivity index (χ3v) is 3.86. The molecule has 18 heavy (non-hydrogen) atoms. The van der Waals surface area contributed by atoms with E-state index in [0.717, 1.165) is 10.7 Å². The lowest BCUT2D eigenvalue weighted by atomic mass is 10.1. The molecule has 100 valence electrons. The van der Waals surface area contributed by atoms with Gasteiger partial charge >= 0.3 is 0 Å². The minimum atomic E-state index is -3.36. The van der Waals surface area contributed by atoms with Gasteiger partial charge in [-0.15, -0.1) is 0 Å². The molecule has 0 saturated carbocycles. The van der Waals surface area contributed by atoms with Gasteiger partial charge in [0.05, 0.1) is 10.6 Å². The van der Waals surface area contributed by atoms with Crippen LogP contribution in [0.1, 0.15) is 20.3 Å².